The predicted octanol–water partition coefficient (Wildman–Crippen LogP) is 1.24. The van der Waals surface area contributed by atoms with Crippen LogP contribution in [-0.4, -0.2) is 70.4 Å². The highest BCUT2D eigenvalue weighted by molar-refractivity contribution is 7.52. The number of para-hydroxylation sites is 1. The Morgan fingerprint density at radius 1 is 1.31 bits per heavy atom. The number of benzene rings is 1. The fourth-order valence-electron chi connectivity index (χ4n) is 3.69. The van der Waals surface area contributed by atoms with Crippen LogP contribution in [0, 0.1) is 0 Å². The predicted molar refractivity (Wildman–Crippen MR) is 127 cm³/mol. The standard InChI is InChI=1S/C23H32N3O9P/c1-14(2)33-21(30)15(3)25-36(31,35-17-8-6-5-7-9-17)32-13-18-20(29)23(4,24)22(34-18)26-11-10-16(27)12-19(26)28/h5-11,14-15,18,20,22,29H,12-13,24H2,1-4H3,(H,25,31)/t15-,18-,20-,22-,23-,36+/m1/s1. The fourth-order valence-corrected chi connectivity index (χ4v) is 5.19. The normalized spacial score (nSPS) is 28.8. The summed E-state index contributed by atoms with van der Waals surface area (Å²) in [5.41, 5.74) is 4.85. The lowest BCUT2D eigenvalue weighted by atomic mass is 9.92. The molecule has 0 unspecified atom stereocenters. The molecule has 6 atom stereocenters. The molecule has 0 spiro atoms. The van der Waals surface area contributed by atoms with Crippen molar-refractivity contribution in [3.05, 3.63) is 42.6 Å². The van der Waals surface area contributed by atoms with E-state index in [1.165, 1.54) is 26.1 Å². The van der Waals surface area contributed by atoms with Crippen LogP contribution in [0.15, 0.2) is 42.6 Å². The summed E-state index contributed by atoms with van der Waals surface area (Å²) in [6.45, 7) is 5.83. The number of nitrogens with zero attached hydrogens (tertiary/aromatic N) is 1. The van der Waals surface area contributed by atoms with Crippen molar-refractivity contribution in [2.75, 3.05) is 6.61 Å². The fraction of sp³-hybridized carbons (Fsp3) is 0.522. The first-order valence-corrected chi connectivity index (χ1v) is 13.0. The third-order valence-electron chi connectivity index (χ3n) is 5.55. The van der Waals surface area contributed by atoms with Gasteiger partial charge in [-0.2, -0.15) is 5.09 Å². The van der Waals surface area contributed by atoms with Gasteiger partial charge in [0, 0.05) is 6.20 Å². The number of ether oxygens (including phenoxy) is 2. The van der Waals surface area contributed by atoms with Crippen LogP contribution >= 0.6 is 7.75 Å². The molecular weight excluding hydrogens is 493 g/mol. The van der Waals surface area contributed by atoms with Crippen LogP contribution in [0.2, 0.25) is 0 Å². The van der Waals surface area contributed by atoms with Gasteiger partial charge in [0.25, 0.3) is 0 Å². The average molecular weight is 525 g/mol. The molecule has 1 saturated heterocycles. The number of aliphatic hydroxyl groups is 1. The van der Waals surface area contributed by atoms with E-state index in [9.17, 15) is 24.1 Å². The summed E-state index contributed by atoms with van der Waals surface area (Å²) in [5, 5.41) is 13.4. The molecule has 0 radical (unpaired) electrons. The summed E-state index contributed by atoms with van der Waals surface area (Å²) in [6, 6.07) is 7.12. The Morgan fingerprint density at radius 2 is 1.97 bits per heavy atom. The zero-order valence-electron chi connectivity index (χ0n) is 20.5. The van der Waals surface area contributed by atoms with Crippen molar-refractivity contribution < 1.29 is 42.6 Å². The van der Waals surface area contributed by atoms with Gasteiger partial charge >= 0.3 is 13.7 Å². The van der Waals surface area contributed by atoms with Gasteiger partial charge in [-0.1, -0.05) is 18.2 Å². The smallest absolute Gasteiger partial charge is 0.459 e. The zero-order valence-corrected chi connectivity index (χ0v) is 21.4. The minimum atomic E-state index is -4.21. The molecule has 4 N–H and O–H groups in total. The molecule has 3 rings (SSSR count). The van der Waals surface area contributed by atoms with Crippen molar-refractivity contribution >= 4 is 25.4 Å². The first kappa shape index (κ1) is 28.0. The molecular formula is C23H32N3O9P. The molecule has 12 nitrogen and oxygen atoms in total. The van der Waals surface area contributed by atoms with E-state index in [1.807, 2.05) is 0 Å². The zero-order chi connectivity index (χ0) is 26.7. The van der Waals surface area contributed by atoms with Crippen molar-refractivity contribution in [2.24, 2.45) is 5.73 Å². The number of carbonyl (C=O) groups excluding carboxylic acids is 3. The number of hydrogen-bond donors (Lipinski definition) is 3. The van der Waals surface area contributed by atoms with E-state index in [4.69, 9.17) is 24.3 Å². The van der Waals surface area contributed by atoms with Crippen molar-refractivity contribution in [1.82, 2.24) is 9.99 Å². The van der Waals surface area contributed by atoms with Crippen molar-refractivity contribution in [2.45, 2.75) is 70.2 Å². The lowest BCUT2D eigenvalue weighted by Crippen LogP contribution is -2.59. The van der Waals surface area contributed by atoms with Crippen molar-refractivity contribution in [1.29, 1.82) is 0 Å². The van der Waals surface area contributed by atoms with E-state index < -0.39 is 56.2 Å². The van der Waals surface area contributed by atoms with Crippen LogP contribution < -0.4 is 15.3 Å². The summed E-state index contributed by atoms with van der Waals surface area (Å²) in [4.78, 5) is 37.3. The molecule has 13 heteroatoms. The Kier molecular flexibility index (Phi) is 8.71. The van der Waals surface area contributed by atoms with E-state index in [1.54, 1.807) is 44.2 Å². The molecule has 0 aromatic heterocycles. The van der Waals surface area contributed by atoms with E-state index >= 15 is 0 Å². The highest BCUT2D eigenvalue weighted by atomic mass is 31.2. The Morgan fingerprint density at radius 3 is 2.58 bits per heavy atom. The lowest BCUT2D eigenvalue weighted by Gasteiger charge is -2.35. The summed E-state index contributed by atoms with van der Waals surface area (Å²) in [7, 11) is -4.21. The van der Waals surface area contributed by atoms with E-state index in [0.29, 0.717) is 0 Å². The molecule has 2 heterocycles. The minimum absolute atomic E-state index is 0.209. The van der Waals surface area contributed by atoms with Crippen LogP contribution in [0.5, 0.6) is 5.75 Å². The van der Waals surface area contributed by atoms with Gasteiger partial charge in [-0.3, -0.25) is 23.8 Å². The Bertz CT molecular complexity index is 1050. The van der Waals surface area contributed by atoms with Gasteiger partial charge < -0.3 is 24.8 Å². The highest BCUT2D eigenvalue weighted by Crippen LogP contribution is 2.46. The number of nitrogens with two attached hydrogens (primary N) is 1. The molecule has 1 amide bonds. The largest absolute Gasteiger partial charge is 0.462 e. The van der Waals surface area contributed by atoms with Crippen LogP contribution in [-0.2, 0) is 32.9 Å². The van der Waals surface area contributed by atoms with Gasteiger partial charge in [-0.15, -0.1) is 0 Å². The second-order valence-corrected chi connectivity index (χ2v) is 10.8. The van der Waals surface area contributed by atoms with Gasteiger partial charge in [-0.05, 0) is 45.9 Å². The maximum absolute atomic E-state index is 13.6. The number of rotatable bonds is 10. The molecule has 0 aliphatic carbocycles. The van der Waals surface area contributed by atoms with Crippen LogP contribution in [0.25, 0.3) is 0 Å². The number of esters is 1. The molecule has 36 heavy (non-hydrogen) atoms. The monoisotopic (exact) mass is 525 g/mol. The second-order valence-electron chi connectivity index (χ2n) is 9.13. The number of carbonyl (C=O) groups is 3. The number of ketones is 1. The van der Waals surface area contributed by atoms with Gasteiger partial charge in [0.2, 0.25) is 5.91 Å². The molecule has 0 saturated carbocycles. The highest BCUT2D eigenvalue weighted by Gasteiger charge is 2.54. The quantitative estimate of drug-likeness (QED) is 0.228. The first-order valence-electron chi connectivity index (χ1n) is 11.4. The topological polar surface area (TPSA) is 167 Å². The summed E-state index contributed by atoms with van der Waals surface area (Å²) in [5.74, 6) is -1.35. The molecule has 1 fully saturated rings. The summed E-state index contributed by atoms with van der Waals surface area (Å²) >= 11 is 0. The van der Waals surface area contributed by atoms with Gasteiger partial charge in [0.15, 0.2) is 12.0 Å². The number of allylic oxidation sites excluding steroid dienone is 1. The van der Waals surface area contributed by atoms with Gasteiger partial charge in [0.05, 0.1) is 24.7 Å². The van der Waals surface area contributed by atoms with E-state index in [-0.39, 0.29) is 24.1 Å². The van der Waals surface area contributed by atoms with E-state index in [0.717, 1.165) is 4.90 Å². The minimum Gasteiger partial charge on any atom is -0.462 e. The van der Waals surface area contributed by atoms with Crippen molar-refractivity contribution in [3.63, 3.8) is 0 Å². The molecule has 2 aliphatic rings. The van der Waals surface area contributed by atoms with Crippen molar-refractivity contribution in [3.8, 4) is 5.75 Å². The third-order valence-corrected chi connectivity index (χ3v) is 7.19. The summed E-state index contributed by atoms with van der Waals surface area (Å²) < 4.78 is 35.8. The van der Waals surface area contributed by atoms with Crippen LogP contribution in [0.1, 0.15) is 34.1 Å². The van der Waals surface area contributed by atoms with E-state index in [2.05, 4.69) is 5.09 Å². The molecule has 0 bridgehead atoms. The maximum Gasteiger partial charge on any atom is 0.459 e. The molecule has 2 aliphatic heterocycles. The van der Waals surface area contributed by atoms with Gasteiger partial charge in [0.1, 0.15) is 24.0 Å². The second kappa shape index (κ2) is 11.2. The summed E-state index contributed by atoms with van der Waals surface area (Å²) in [6.07, 6.45) is -1.82. The van der Waals surface area contributed by atoms with Crippen LogP contribution in [0.3, 0.4) is 0 Å². The third kappa shape index (κ3) is 6.58. The molecule has 198 valence electrons. The average Bonchev–Trinajstić information content (AvgIpc) is 3.01. The number of nitrogens with one attached hydrogen (secondary N) is 1. The first-order chi connectivity index (χ1) is 16.8. The number of aliphatic hydroxyl groups excluding tert-OH is 1. The lowest BCUT2D eigenvalue weighted by molar-refractivity contribution is -0.149. The molecule has 1 aromatic rings. The number of hydrogen-bond acceptors (Lipinski definition) is 10. The Balaban J connectivity index is 1.76. The SMILES string of the molecule is CC(C)OC(=O)[C@@H](C)N[P@](=O)(OC[C@H]1O[C@@H](N2C=CC(=O)CC2=O)[C@](C)(N)[C@@H]1O)Oc1ccccc1. The Labute approximate surface area is 209 Å². The molecule has 1 aromatic carbocycles. The number of amides is 1. The maximum atomic E-state index is 13.6. The Hall–Kier alpha value is -2.60. The van der Waals surface area contributed by atoms with Crippen LogP contribution in [0.4, 0.5) is 0 Å². The van der Waals surface area contributed by atoms with Gasteiger partial charge in [-0.25, -0.2) is 4.57 Å².